The summed E-state index contributed by atoms with van der Waals surface area (Å²) in [5, 5.41) is 3.44. The summed E-state index contributed by atoms with van der Waals surface area (Å²) in [6.07, 6.45) is 5.16. The minimum atomic E-state index is 0.937. The first-order valence-electron chi connectivity index (χ1n) is 7.23. The van der Waals surface area contributed by atoms with Crippen LogP contribution in [-0.2, 0) is 6.54 Å². The van der Waals surface area contributed by atoms with Gasteiger partial charge in [-0.25, -0.2) is 4.98 Å². The summed E-state index contributed by atoms with van der Waals surface area (Å²) in [6, 6.07) is 4.41. The molecule has 100 valence electrons. The van der Waals surface area contributed by atoms with Gasteiger partial charge >= 0.3 is 0 Å². The number of anilines is 1. The van der Waals surface area contributed by atoms with Gasteiger partial charge in [0.15, 0.2) is 0 Å². The van der Waals surface area contributed by atoms with Crippen LogP contribution < -0.4 is 10.2 Å². The third-order valence-electron chi connectivity index (χ3n) is 3.60. The summed E-state index contributed by atoms with van der Waals surface area (Å²) < 4.78 is 0. The Hall–Kier alpha value is -1.09. The molecule has 1 saturated heterocycles. The van der Waals surface area contributed by atoms with Crippen molar-refractivity contribution in [3.63, 3.8) is 0 Å². The van der Waals surface area contributed by atoms with Crippen LogP contribution in [0.1, 0.15) is 43.9 Å². The Balaban J connectivity index is 1.99. The number of pyridine rings is 1. The van der Waals surface area contributed by atoms with Crippen molar-refractivity contribution < 1.29 is 0 Å². The maximum atomic E-state index is 4.76. The number of rotatable bonds is 5. The first-order chi connectivity index (χ1) is 8.81. The van der Waals surface area contributed by atoms with Gasteiger partial charge in [-0.1, -0.05) is 13.0 Å². The topological polar surface area (TPSA) is 28.2 Å². The van der Waals surface area contributed by atoms with E-state index in [0.717, 1.165) is 18.9 Å². The van der Waals surface area contributed by atoms with Crippen molar-refractivity contribution >= 4 is 5.82 Å². The van der Waals surface area contributed by atoms with Crippen molar-refractivity contribution in [2.75, 3.05) is 24.5 Å². The molecule has 18 heavy (non-hydrogen) atoms. The molecule has 1 aliphatic heterocycles. The lowest BCUT2D eigenvalue weighted by molar-refractivity contribution is 0.572. The Morgan fingerprint density at radius 2 is 2.00 bits per heavy atom. The third-order valence-corrected chi connectivity index (χ3v) is 3.60. The average molecular weight is 247 g/mol. The van der Waals surface area contributed by atoms with E-state index in [4.69, 9.17) is 4.98 Å². The minimum absolute atomic E-state index is 0.937. The Labute approximate surface area is 111 Å². The second-order valence-electron chi connectivity index (χ2n) is 5.14. The highest BCUT2D eigenvalue weighted by Gasteiger charge is 2.12. The van der Waals surface area contributed by atoms with E-state index in [-0.39, 0.29) is 0 Å². The zero-order valence-corrected chi connectivity index (χ0v) is 11.7. The molecule has 0 atom stereocenters. The fourth-order valence-corrected chi connectivity index (χ4v) is 2.46. The lowest BCUT2D eigenvalue weighted by Gasteiger charge is -2.28. The van der Waals surface area contributed by atoms with Gasteiger partial charge in [0.2, 0.25) is 0 Å². The Bertz CT molecular complexity index is 370. The fourth-order valence-electron chi connectivity index (χ4n) is 2.46. The monoisotopic (exact) mass is 247 g/mol. The van der Waals surface area contributed by atoms with Gasteiger partial charge in [0.1, 0.15) is 5.82 Å². The fraction of sp³-hybridized carbons (Fsp3) is 0.667. The maximum absolute atomic E-state index is 4.76. The van der Waals surface area contributed by atoms with Crippen LogP contribution in [0.3, 0.4) is 0 Å². The van der Waals surface area contributed by atoms with E-state index in [0.29, 0.717) is 0 Å². The first-order valence-corrected chi connectivity index (χ1v) is 7.23. The van der Waals surface area contributed by atoms with Crippen molar-refractivity contribution in [2.24, 2.45) is 0 Å². The number of nitrogens with zero attached hydrogens (tertiary/aromatic N) is 2. The minimum Gasteiger partial charge on any atom is -0.357 e. The number of nitrogens with one attached hydrogen (secondary N) is 1. The summed E-state index contributed by atoms with van der Waals surface area (Å²) in [6.45, 7) is 8.66. The number of aryl methyl sites for hydroxylation is 1. The smallest absolute Gasteiger partial charge is 0.128 e. The summed E-state index contributed by atoms with van der Waals surface area (Å²) >= 11 is 0. The average Bonchev–Trinajstić information content (AvgIpc) is 2.42. The molecule has 0 unspecified atom stereocenters. The van der Waals surface area contributed by atoms with Crippen LogP contribution >= 0.6 is 0 Å². The molecule has 3 heteroatoms. The van der Waals surface area contributed by atoms with Crippen LogP contribution in [0.2, 0.25) is 0 Å². The SMILES string of the molecule is CCCNCc1ccc(N2CCCCC2)nc1C. The van der Waals surface area contributed by atoms with Crippen molar-refractivity contribution in [3.05, 3.63) is 23.4 Å². The number of aromatic nitrogens is 1. The molecule has 0 spiro atoms. The molecule has 0 aromatic carbocycles. The second kappa shape index (κ2) is 6.74. The van der Waals surface area contributed by atoms with Gasteiger partial charge in [0, 0.05) is 25.3 Å². The van der Waals surface area contributed by atoms with E-state index >= 15 is 0 Å². The van der Waals surface area contributed by atoms with E-state index in [1.807, 2.05) is 0 Å². The number of piperidine rings is 1. The highest BCUT2D eigenvalue weighted by molar-refractivity contribution is 5.42. The lowest BCUT2D eigenvalue weighted by atomic mass is 10.1. The van der Waals surface area contributed by atoms with Crippen LogP contribution in [0.4, 0.5) is 5.82 Å². The molecular formula is C15H25N3. The largest absolute Gasteiger partial charge is 0.357 e. The van der Waals surface area contributed by atoms with Crippen LogP contribution in [0.15, 0.2) is 12.1 Å². The van der Waals surface area contributed by atoms with Crippen LogP contribution in [0.25, 0.3) is 0 Å². The highest BCUT2D eigenvalue weighted by Crippen LogP contribution is 2.19. The standard InChI is InChI=1S/C15H25N3/c1-3-9-16-12-14-7-8-15(17-13(14)2)18-10-5-4-6-11-18/h7-8,16H,3-6,9-12H2,1-2H3. The Kier molecular flexibility index (Phi) is 5.00. The van der Waals surface area contributed by atoms with Gasteiger partial charge in [-0.15, -0.1) is 0 Å². The van der Waals surface area contributed by atoms with Gasteiger partial charge in [0.05, 0.1) is 0 Å². The van der Waals surface area contributed by atoms with E-state index < -0.39 is 0 Å². The molecular weight excluding hydrogens is 222 g/mol. The molecule has 1 N–H and O–H groups in total. The van der Waals surface area contributed by atoms with E-state index in [2.05, 4.69) is 36.2 Å². The molecule has 1 aliphatic rings. The predicted molar refractivity (Wildman–Crippen MR) is 77.0 cm³/mol. The molecule has 0 bridgehead atoms. The van der Waals surface area contributed by atoms with E-state index in [1.165, 1.54) is 50.0 Å². The number of hydrogen-bond donors (Lipinski definition) is 1. The molecule has 0 amide bonds. The second-order valence-corrected chi connectivity index (χ2v) is 5.14. The van der Waals surface area contributed by atoms with Crippen molar-refractivity contribution in [1.82, 2.24) is 10.3 Å². The van der Waals surface area contributed by atoms with Gasteiger partial charge in [-0.2, -0.15) is 0 Å². The molecule has 2 rings (SSSR count). The Morgan fingerprint density at radius 1 is 1.22 bits per heavy atom. The van der Waals surface area contributed by atoms with Gasteiger partial charge < -0.3 is 10.2 Å². The lowest BCUT2D eigenvalue weighted by Crippen LogP contribution is -2.30. The van der Waals surface area contributed by atoms with E-state index in [1.54, 1.807) is 0 Å². The van der Waals surface area contributed by atoms with Gasteiger partial charge in [0.25, 0.3) is 0 Å². The van der Waals surface area contributed by atoms with Gasteiger partial charge in [-0.3, -0.25) is 0 Å². The zero-order chi connectivity index (χ0) is 12.8. The van der Waals surface area contributed by atoms with Crippen LogP contribution in [-0.4, -0.2) is 24.6 Å². The summed E-state index contributed by atoms with van der Waals surface area (Å²) in [5.41, 5.74) is 2.49. The molecule has 0 saturated carbocycles. The van der Waals surface area contributed by atoms with Gasteiger partial charge in [-0.05, 0) is 50.8 Å². The van der Waals surface area contributed by atoms with E-state index in [9.17, 15) is 0 Å². The molecule has 1 aromatic rings. The Morgan fingerprint density at radius 3 is 2.67 bits per heavy atom. The summed E-state index contributed by atoms with van der Waals surface area (Å²) in [5.74, 6) is 1.16. The molecule has 1 aromatic heterocycles. The summed E-state index contributed by atoms with van der Waals surface area (Å²) in [7, 11) is 0. The predicted octanol–water partition coefficient (Wildman–Crippen LogP) is 2.88. The van der Waals surface area contributed by atoms with Crippen LogP contribution in [0, 0.1) is 6.92 Å². The highest BCUT2D eigenvalue weighted by atomic mass is 15.2. The summed E-state index contributed by atoms with van der Waals surface area (Å²) in [4.78, 5) is 7.18. The zero-order valence-electron chi connectivity index (χ0n) is 11.7. The van der Waals surface area contributed by atoms with Crippen molar-refractivity contribution in [3.8, 4) is 0 Å². The van der Waals surface area contributed by atoms with Crippen molar-refractivity contribution in [2.45, 2.75) is 46.1 Å². The molecule has 3 nitrogen and oxygen atoms in total. The quantitative estimate of drug-likeness (QED) is 0.811. The van der Waals surface area contributed by atoms with Crippen molar-refractivity contribution in [1.29, 1.82) is 0 Å². The third kappa shape index (κ3) is 3.45. The molecule has 2 heterocycles. The normalized spacial score (nSPS) is 16.0. The van der Waals surface area contributed by atoms with Crippen LogP contribution in [0.5, 0.6) is 0 Å². The first kappa shape index (κ1) is 13.3. The molecule has 1 fully saturated rings. The maximum Gasteiger partial charge on any atom is 0.128 e. The molecule has 0 aliphatic carbocycles. The molecule has 0 radical (unpaired) electrons. The number of hydrogen-bond acceptors (Lipinski definition) is 3.